The van der Waals surface area contributed by atoms with E-state index in [0.717, 1.165) is 11.8 Å². The molecule has 0 saturated heterocycles. The summed E-state index contributed by atoms with van der Waals surface area (Å²) in [6.45, 7) is 0. The first-order chi connectivity index (χ1) is 8.81. The van der Waals surface area contributed by atoms with Crippen LogP contribution >= 0.6 is 11.8 Å². The van der Waals surface area contributed by atoms with E-state index in [2.05, 4.69) is 15.3 Å². The van der Waals surface area contributed by atoms with E-state index < -0.39 is 0 Å². The molecule has 0 aliphatic heterocycles. The first-order valence-corrected chi connectivity index (χ1v) is 7.49. The Hall–Kier alpha value is -1.10. The molecule has 5 heteroatoms. The number of hydrogen-bond acceptors (Lipinski definition) is 4. The minimum Gasteiger partial charge on any atom is -0.352 e. The van der Waals surface area contributed by atoms with Crippen molar-refractivity contribution >= 4 is 17.7 Å². The number of fused-ring (bicyclic) bond motifs is 2. The van der Waals surface area contributed by atoms with Crippen molar-refractivity contribution in [2.75, 3.05) is 5.75 Å². The van der Waals surface area contributed by atoms with Crippen LogP contribution in [0.3, 0.4) is 0 Å². The zero-order chi connectivity index (χ0) is 12.4. The second kappa shape index (κ2) is 5.26. The molecule has 1 aromatic heterocycles. The third-order valence-corrected chi connectivity index (χ3v) is 4.83. The van der Waals surface area contributed by atoms with Gasteiger partial charge in [-0.3, -0.25) is 4.79 Å². The van der Waals surface area contributed by atoms with Crippen molar-refractivity contribution in [3.63, 3.8) is 0 Å². The van der Waals surface area contributed by atoms with Crippen LogP contribution in [0.15, 0.2) is 23.6 Å². The molecule has 2 fully saturated rings. The number of nitrogens with zero attached hydrogens (tertiary/aromatic N) is 2. The highest BCUT2D eigenvalue weighted by molar-refractivity contribution is 7.99. The van der Waals surface area contributed by atoms with E-state index in [1.165, 1.54) is 37.4 Å². The maximum atomic E-state index is 11.9. The molecule has 4 nitrogen and oxygen atoms in total. The van der Waals surface area contributed by atoms with Crippen molar-refractivity contribution in [3.8, 4) is 0 Å². The van der Waals surface area contributed by atoms with E-state index in [9.17, 15) is 4.79 Å². The van der Waals surface area contributed by atoms with Crippen LogP contribution in [0, 0.1) is 11.8 Å². The van der Waals surface area contributed by atoms with E-state index in [-0.39, 0.29) is 5.91 Å². The molecule has 0 radical (unpaired) electrons. The minimum atomic E-state index is 0.116. The summed E-state index contributed by atoms with van der Waals surface area (Å²) in [5, 5.41) is 3.83. The van der Waals surface area contributed by atoms with Crippen molar-refractivity contribution in [1.82, 2.24) is 15.3 Å². The number of aromatic nitrogens is 2. The van der Waals surface area contributed by atoms with E-state index >= 15 is 0 Å². The predicted molar refractivity (Wildman–Crippen MR) is 70.1 cm³/mol. The summed E-state index contributed by atoms with van der Waals surface area (Å²) in [6, 6.07) is 2.20. The first-order valence-electron chi connectivity index (χ1n) is 6.50. The molecule has 3 atom stereocenters. The van der Waals surface area contributed by atoms with Crippen molar-refractivity contribution < 1.29 is 4.79 Å². The highest BCUT2D eigenvalue weighted by atomic mass is 32.2. The summed E-state index contributed by atoms with van der Waals surface area (Å²) >= 11 is 1.40. The normalized spacial score (nSPS) is 29.4. The van der Waals surface area contributed by atoms with Gasteiger partial charge in [0.1, 0.15) is 0 Å². The summed E-state index contributed by atoms with van der Waals surface area (Å²) in [4.78, 5) is 20.0. The smallest absolute Gasteiger partial charge is 0.230 e. The Kier molecular flexibility index (Phi) is 3.50. The topological polar surface area (TPSA) is 54.9 Å². The molecule has 0 unspecified atom stereocenters. The first kappa shape index (κ1) is 12.0. The summed E-state index contributed by atoms with van der Waals surface area (Å²) in [5.74, 6) is 2.13. The largest absolute Gasteiger partial charge is 0.352 e. The van der Waals surface area contributed by atoms with Crippen LogP contribution in [0.2, 0.25) is 0 Å². The standard InChI is InChI=1S/C13H17N3OS/c17-12(8-18-13-14-4-1-5-15-13)16-11-7-9-2-3-10(11)6-9/h1,4-5,9-11H,2-3,6-8H2,(H,16,17)/t9-,10-,11+/m1/s1. The Morgan fingerprint density at radius 2 is 2.17 bits per heavy atom. The monoisotopic (exact) mass is 263 g/mol. The molecule has 3 rings (SSSR count). The number of carbonyl (C=O) groups excluding carboxylic acids is 1. The van der Waals surface area contributed by atoms with Crippen molar-refractivity contribution in [1.29, 1.82) is 0 Å². The van der Waals surface area contributed by atoms with E-state index in [1.54, 1.807) is 18.5 Å². The fourth-order valence-electron chi connectivity index (χ4n) is 3.16. The van der Waals surface area contributed by atoms with E-state index in [0.29, 0.717) is 17.0 Å². The van der Waals surface area contributed by atoms with Crippen molar-refractivity contribution in [2.24, 2.45) is 11.8 Å². The van der Waals surface area contributed by atoms with Gasteiger partial charge in [0.05, 0.1) is 5.75 Å². The molecule has 0 spiro atoms. The van der Waals surface area contributed by atoms with Crippen LogP contribution in [0.4, 0.5) is 0 Å². The van der Waals surface area contributed by atoms with Crippen LogP contribution < -0.4 is 5.32 Å². The molecule has 2 bridgehead atoms. The number of carbonyl (C=O) groups is 1. The third-order valence-electron chi connectivity index (χ3n) is 3.96. The second-order valence-corrected chi connectivity index (χ2v) is 6.11. The summed E-state index contributed by atoms with van der Waals surface area (Å²) in [7, 11) is 0. The Bertz CT molecular complexity index is 426. The third kappa shape index (κ3) is 2.66. The Morgan fingerprint density at radius 3 is 2.83 bits per heavy atom. The maximum absolute atomic E-state index is 11.9. The van der Waals surface area contributed by atoms with Gasteiger partial charge < -0.3 is 5.32 Å². The SMILES string of the molecule is O=C(CSc1ncccn1)N[C@H]1C[C@@H]2CC[C@@H]1C2. The fraction of sp³-hybridized carbons (Fsp3) is 0.615. The lowest BCUT2D eigenvalue weighted by atomic mass is 9.95. The molecule has 2 saturated carbocycles. The molecule has 0 aromatic carbocycles. The molecule has 1 aromatic rings. The van der Waals surface area contributed by atoms with E-state index in [4.69, 9.17) is 0 Å². The summed E-state index contributed by atoms with van der Waals surface area (Å²) in [6.07, 6.45) is 8.56. The van der Waals surface area contributed by atoms with Gasteiger partial charge in [0.25, 0.3) is 0 Å². The predicted octanol–water partition coefficient (Wildman–Crippen LogP) is 1.87. The van der Waals surface area contributed by atoms with Crippen LogP contribution in [-0.2, 0) is 4.79 Å². The molecule has 96 valence electrons. The number of thioether (sulfide) groups is 1. The van der Waals surface area contributed by atoms with Crippen molar-refractivity contribution in [3.05, 3.63) is 18.5 Å². The van der Waals surface area contributed by atoms with Crippen LogP contribution in [0.5, 0.6) is 0 Å². The Balaban J connectivity index is 1.45. The van der Waals surface area contributed by atoms with E-state index in [1.807, 2.05) is 0 Å². The summed E-state index contributed by atoms with van der Waals surface area (Å²) in [5.41, 5.74) is 0. The molecular weight excluding hydrogens is 246 g/mol. The number of rotatable bonds is 4. The van der Waals surface area contributed by atoms with Gasteiger partial charge in [-0.25, -0.2) is 9.97 Å². The number of nitrogens with one attached hydrogen (secondary N) is 1. The molecule has 2 aliphatic rings. The van der Waals surface area contributed by atoms with Crippen LogP contribution in [0.1, 0.15) is 25.7 Å². The lowest BCUT2D eigenvalue weighted by molar-refractivity contribution is -0.119. The molecular formula is C13H17N3OS. The van der Waals surface area contributed by atoms with Gasteiger partial charge in [0, 0.05) is 18.4 Å². The fourth-order valence-corrected chi connectivity index (χ4v) is 3.77. The maximum Gasteiger partial charge on any atom is 0.230 e. The van der Waals surface area contributed by atoms with Crippen LogP contribution in [0.25, 0.3) is 0 Å². The highest BCUT2D eigenvalue weighted by Crippen LogP contribution is 2.44. The number of amides is 1. The Labute approximate surface area is 111 Å². The van der Waals surface area contributed by atoms with Gasteiger partial charge in [-0.15, -0.1) is 0 Å². The minimum absolute atomic E-state index is 0.116. The lowest BCUT2D eigenvalue weighted by Gasteiger charge is -2.22. The molecule has 18 heavy (non-hydrogen) atoms. The van der Waals surface area contributed by atoms with Gasteiger partial charge >= 0.3 is 0 Å². The van der Waals surface area contributed by atoms with Gasteiger partial charge in [0.2, 0.25) is 5.91 Å². The second-order valence-electron chi connectivity index (χ2n) is 5.17. The molecule has 1 heterocycles. The number of hydrogen-bond donors (Lipinski definition) is 1. The average Bonchev–Trinajstić information content (AvgIpc) is 3.00. The molecule has 2 aliphatic carbocycles. The summed E-state index contributed by atoms with van der Waals surface area (Å²) < 4.78 is 0. The average molecular weight is 263 g/mol. The highest BCUT2D eigenvalue weighted by Gasteiger charge is 2.39. The quantitative estimate of drug-likeness (QED) is 0.665. The van der Waals surface area contributed by atoms with Gasteiger partial charge in [-0.2, -0.15) is 0 Å². The molecule has 1 N–H and O–H groups in total. The van der Waals surface area contributed by atoms with Gasteiger partial charge in [-0.05, 0) is 37.2 Å². The zero-order valence-corrected chi connectivity index (χ0v) is 11.0. The zero-order valence-electron chi connectivity index (χ0n) is 10.2. The molecule has 1 amide bonds. The lowest BCUT2D eigenvalue weighted by Crippen LogP contribution is -2.39. The van der Waals surface area contributed by atoms with Crippen molar-refractivity contribution in [2.45, 2.75) is 36.9 Å². The Morgan fingerprint density at radius 1 is 1.33 bits per heavy atom. The van der Waals surface area contributed by atoms with Gasteiger partial charge in [-0.1, -0.05) is 18.2 Å². The van der Waals surface area contributed by atoms with Crippen LogP contribution in [-0.4, -0.2) is 27.7 Å². The van der Waals surface area contributed by atoms with Gasteiger partial charge in [0.15, 0.2) is 5.16 Å².